The second-order valence-corrected chi connectivity index (χ2v) is 8.00. The lowest BCUT2D eigenvalue weighted by atomic mass is 9.99. The van der Waals surface area contributed by atoms with Crippen LogP contribution in [0.4, 0.5) is 0 Å². The molecule has 0 fully saturated rings. The van der Waals surface area contributed by atoms with E-state index in [9.17, 15) is 15.0 Å². The van der Waals surface area contributed by atoms with Gasteiger partial charge in [-0.15, -0.1) is 22.0 Å². The lowest BCUT2D eigenvalue weighted by Crippen LogP contribution is -2.03. The molecule has 4 aromatic rings. The first-order valence-corrected chi connectivity index (χ1v) is 10.4. The van der Waals surface area contributed by atoms with Crippen LogP contribution in [0.2, 0.25) is 0 Å². The number of nitrogens with zero attached hydrogens (tertiary/aromatic N) is 4. The lowest BCUT2D eigenvalue weighted by Gasteiger charge is -2.10. The normalized spacial score (nSPS) is 11.1. The Morgan fingerprint density at radius 3 is 2.53 bits per heavy atom. The molecule has 0 saturated carbocycles. The summed E-state index contributed by atoms with van der Waals surface area (Å²) in [5.74, 6) is 0.499. The maximum absolute atomic E-state index is 11.5. The van der Waals surface area contributed by atoms with Gasteiger partial charge in [-0.05, 0) is 35.4 Å². The number of carbonyl (C=O) groups is 1. The molecule has 0 unspecified atom stereocenters. The van der Waals surface area contributed by atoms with Crippen LogP contribution < -0.4 is 0 Å². The number of aromatic hydroxyl groups is 1. The summed E-state index contributed by atoms with van der Waals surface area (Å²) in [4.78, 5) is 16.1. The summed E-state index contributed by atoms with van der Waals surface area (Å²) in [7, 11) is 0. The fourth-order valence-corrected chi connectivity index (χ4v) is 4.10. The van der Waals surface area contributed by atoms with Crippen molar-refractivity contribution < 1.29 is 15.0 Å². The summed E-state index contributed by atoms with van der Waals surface area (Å²) in [5.41, 5.74) is 3.99. The number of aromatic nitrogens is 4. The molecule has 2 N–H and O–H groups in total. The van der Waals surface area contributed by atoms with E-state index < -0.39 is 5.97 Å². The summed E-state index contributed by atoms with van der Waals surface area (Å²) in [6.45, 7) is 4.41. The number of carboxylic acids is 1. The zero-order valence-electron chi connectivity index (χ0n) is 16.5. The van der Waals surface area contributed by atoms with Crippen LogP contribution in [-0.4, -0.2) is 41.7 Å². The molecule has 4 rings (SSSR count). The Hall–Kier alpha value is -3.39. The van der Waals surface area contributed by atoms with Gasteiger partial charge in [-0.3, -0.25) is 0 Å². The minimum atomic E-state index is -0.951. The number of benzene rings is 2. The molecule has 0 aliphatic heterocycles. The van der Waals surface area contributed by atoms with E-state index in [2.05, 4.69) is 15.2 Å². The predicted molar refractivity (Wildman–Crippen MR) is 116 cm³/mol. The smallest absolute Gasteiger partial charge is 0.336 e. The Labute approximate surface area is 177 Å². The molecule has 8 heteroatoms. The summed E-state index contributed by atoms with van der Waals surface area (Å²) >= 11 is 1.54. The third-order valence-corrected chi connectivity index (χ3v) is 5.69. The number of imidazole rings is 1. The molecule has 0 atom stereocenters. The molecule has 2 aromatic carbocycles. The van der Waals surface area contributed by atoms with Crippen LogP contribution in [0.3, 0.4) is 0 Å². The Morgan fingerprint density at radius 1 is 1.10 bits per heavy atom. The second-order valence-electron chi connectivity index (χ2n) is 6.75. The molecule has 2 aromatic heterocycles. The number of thioether (sulfide) groups is 1. The van der Waals surface area contributed by atoms with Crippen molar-refractivity contribution in [2.24, 2.45) is 0 Å². The van der Waals surface area contributed by atoms with Crippen LogP contribution in [0.5, 0.6) is 5.88 Å². The molecule has 0 saturated heterocycles. The van der Waals surface area contributed by atoms with Crippen molar-refractivity contribution in [3.05, 3.63) is 65.5 Å². The van der Waals surface area contributed by atoms with Crippen LogP contribution in [-0.2, 0) is 6.54 Å². The number of aryl methyl sites for hydroxylation is 1. The van der Waals surface area contributed by atoms with Crippen molar-refractivity contribution in [3.63, 3.8) is 0 Å². The maximum Gasteiger partial charge on any atom is 0.336 e. The number of hydrogen-bond acceptors (Lipinski definition) is 6. The summed E-state index contributed by atoms with van der Waals surface area (Å²) in [6, 6.07) is 14.7. The van der Waals surface area contributed by atoms with Gasteiger partial charge in [0, 0.05) is 6.54 Å². The average Bonchev–Trinajstić information content (AvgIpc) is 3.08. The van der Waals surface area contributed by atoms with Gasteiger partial charge in [-0.1, -0.05) is 49.4 Å². The first-order chi connectivity index (χ1) is 14.5. The molecule has 0 amide bonds. The van der Waals surface area contributed by atoms with Crippen LogP contribution in [0.15, 0.2) is 53.6 Å². The van der Waals surface area contributed by atoms with E-state index in [1.165, 1.54) is 11.8 Å². The maximum atomic E-state index is 11.5. The number of rotatable bonds is 6. The van der Waals surface area contributed by atoms with E-state index in [0.717, 1.165) is 22.7 Å². The molecule has 2 heterocycles. The van der Waals surface area contributed by atoms with Crippen molar-refractivity contribution >= 4 is 28.8 Å². The molecule has 7 nitrogen and oxygen atoms in total. The molecule has 0 aliphatic carbocycles. The van der Waals surface area contributed by atoms with Gasteiger partial charge in [-0.25, -0.2) is 9.78 Å². The number of fused-ring (bicyclic) bond motifs is 1. The van der Waals surface area contributed by atoms with Crippen molar-refractivity contribution in [3.8, 4) is 17.0 Å². The number of aromatic carboxylic acids is 1. The van der Waals surface area contributed by atoms with Crippen LogP contribution in [0.25, 0.3) is 22.2 Å². The summed E-state index contributed by atoms with van der Waals surface area (Å²) < 4.78 is 1.92. The SMILES string of the molecule is CCSc1nnc(O)c2c1nc(C)n2Cc1ccc(-c2ccccc2C(=O)O)cc1. The van der Waals surface area contributed by atoms with E-state index in [1.807, 2.05) is 48.7 Å². The van der Waals surface area contributed by atoms with Crippen LogP contribution in [0.1, 0.15) is 28.7 Å². The molecule has 0 spiro atoms. The van der Waals surface area contributed by atoms with Gasteiger partial charge in [-0.2, -0.15) is 0 Å². The monoisotopic (exact) mass is 420 g/mol. The summed E-state index contributed by atoms with van der Waals surface area (Å²) in [5, 5.41) is 28.4. The Kier molecular flexibility index (Phi) is 5.41. The summed E-state index contributed by atoms with van der Waals surface area (Å²) in [6.07, 6.45) is 0. The molecule has 30 heavy (non-hydrogen) atoms. The highest BCUT2D eigenvalue weighted by molar-refractivity contribution is 7.99. The predicted octanol–water partition coefficient (Wildman–Crippen LogP) is 4.37. The van der Waals surface area contributed by atoms with E-state index in [-0.39, 0.29) is 11.4 Å². The van der Waals surface area contributed by atoms with Gasteiger partial charge in [0.2, 0.25) is 0 Å². The number of carboxylic acid groups (broad SMARTS) is 1. The zero-order chi connectivity index (χ0) is 21.3. The highest BCUT2D eigenvalue weighted by atomic mass is 32.2. The van der Waals surface area contributed by atoms with Crippen molar-refractivity contribution in [1.82, 2.24) is 19.7 Å². The molecular weight excluding hydrogens is 400 g/mol. The Morgan fingerprint density at radius 2 is 1.83 bits per heavy atom. The topological polar surface area (TPSA) is 101 Å². The van der Waals surface area contributed by atoms with Gasteiger partial charge in [0.1, 0.15) is 21.9 Å². The zero-order valence-corrected chi connectivity index (χ0v) is 17.3. The molecule has 0 bridgehead atoms. The van der Waals surface area contributed by atoms with E-state index in [0.29, 0.717) is 28.2 Å². The van der Waals surface area contributed by atoms with Gasteiger partial charge < -0.3 is 14.8 Å². The minimum Gasteiger partial charge on any atom is -0.491 e. The average molecular weight is 420 g/mol. The van der Waals surface area contributed by atoms with Crippen molar-refractivity contribution in [2.75, 3.05) is 5.75 Å². The van der Waals surface area contributed by atoms with E-state index in [1.54, 1.807) is 18.2 Å². The lowest BCUT2D eigenvalue weighted by molar-refractivity contribution is 0.0697. The molecule has 0 radical (unpaired) electrons. The van der Waals surface area contributed by atoms with Gasteiger partial charge in [0.05, 0.1) is 5.56 Å². The number of hydrogen-bond donors (Lipinski definition) is 2. The first-order valence-electron chi connectivity index (χ1n) is 9.46. The van der Waals surface area contributed by atoms with Gasteiger partial charge in [0.15, 0.2) is 0 Å². The first kappa shape index (κ1) is 19.9. The highest BCUT2D eigenvalue weighted by Crippen LogP contribution is 2.31. The standard InChI is InChI=1S/C22H20N4O3S/c1-3-30-21-18-19(20(27)24-25-21)26(13(2)23-18)12-14-8-10-15(11-9-14)16-6-4-5-7-17(16)22(28)29/h4-11H,3,12H2,1-2H3,(H,24,27)(H,28,29). The highest BCUT2D eigenvalue weighted by Gasteiger charge is 2.18. The van der Waals surface area contributed by atoms with Gasteiger partial charge in [0.25, 0.3) is 5.88 Å². The Bertz CT molecular complexity index is 1240. The second kappa shape index (κ2) is 8.16. The van der Waals surface area contributed by atoms with E-state index >= 15 is 0 Å². The fourth-order valence-electron chi connectivity index (χ4n) is 3.45. The molecule has 0 aliphatic rings. The fraction of sp³-hybridized carbons (Fsp3) is 0.182. The van der Waals surface area contributed by atoms with Crippen LogP contribution >= 0.6 is 11.8 Å². The Balaban J connectivity index is 1.70. The van der Waals surface area contributed by atoms with Crippen molar-refractivity contribution in [2.45, 2.75) is 25.4 Å². The third-order valence-electron chi connectivity index (χ3n) is 4.85. The largest absolute Gasteiger partial charge is 0.491 e. The third kappa shape index (κ3) is 3.61. The van der Waals surface area contributed by atoms with Gasteiger partial charge >= 0.3 is 5.97 Å². The van der Waals surface area contributed by atoms with E-state index in [4.69, 9.17) is 0 Å². The quantitative estimate of drug-likeness (QED) is 0.447. The molecule has 152 valence electrons. The molecular formula is C22H20N4O3S. The minimum absolute atomic E-state index is 0.141. The van der Waals surface area contributed by atoms with Crippen molar-refractivity contribution in [1.29, 1.82) is 0 Å². The van der Waals surface area contributed by atoms with Crippen LogP contribution in [0, 0.1) is 6.92 Å².